The lowest BCUT2D eigenvalue weighted by atomic mass is 10.1. The quantitative estimate of drug-likeness (QED) is 0.521. The molecule has 0 fully saturated rings. The van der Waals surface area contributed by atoms with E-state index in [2.05, 4.69) is 39.9 Å². The van der Waals surface area contributed by atoms with Crippen molar-refractivity contribution in [1.29, 1.82) is 0 Å². The summed E-state index contributed by atoms with van der Waals surface area (Å²) in [6.07, 6.45) is 3.60. The van der Waals surface area contributed by atoms with Crippen LogP contribution in [0.3, 0.4) is 0 Å². The largest absolute Gasteiger partial charge is 0.345 e. The van der Waals surface area contributed by atoms with E-state index in [-0.39, 0.29) is 11.8 Å². The number of aryl methyl sites for hydroxylation is 1. The molecule has 2 amide bonds. The topological polar surface area (TPSA) is 74.3 Å². The highest BCUT2D eigenvalue weighted by atomic mass is 16.2. The van der Waals surface area contributed by atoms with Gasteiger partial charge in [-0.25, -0.2) is 0 Å². The molecule has 0 radical (unpaired) electrons. The zero-order valence-corrected chi connectivity index (χ0v) is 18.0. The molecular formula is C25H28N4O2. The van der Waals surface area contributed by atoms with Crippen LogP contribution in [0, 0.1) is 0 Å². The number of hydrogen-bond donors (Lipinski definition) is 2. The van der Waals surface area contributed by atoms with Crippen LogP contribution in [-0.2, 0) is 13.0 Å². The van der Waals surface area contributed by atoms with Gasteiger partial charge in [-0.2, -0.15) is 0 Å². The fourth-order valence-corrected chi connectivity index (χ4v) is 3.24. The molecule has 0 aliphatic heterocycles. The third-order valence-corrected chi connectivity index (χ3v) is 4.79. The summed E-state index contributed by atoms with van der Waals surface area (Å²) in [5, 5.41) is 6.29. The Balaban J connectivity index is 1.65. The van der Waals surface area contributed by atoms with Crippen molar-refractivity contribution in [2.24, 2.45) is 0 Å². The molecule has 1 heterocycles. The first kappa shape index (κ1) is 22.2. The number of carbonyl (C=O) groups excluding carboxylic acids is 2. The Morgan fingerprint density at radius 3 is 2.42 bits per heavy atom. The highest BCUT2D eigenvalue weighted by Gasteiger charge is 2.13. The lowest BCUT2D eigenvalue weighted by molar-refractivity contribution is 0.0827. The Hall–Kier alpha value is -3.51. The van der Waals surface area contributed by atoms with Gasteiger partial charge in [-0.05, 0) is 60.8 Å². The van der Waals surface area contributed by atoms with E-state index in [0.717, 1.165) is 24.9 Å². The summed E-state index contributed by atoms with van der Waals surface area (Å²) >= 11 is 0. The molecule has 0 spiro atoms. The van der Waals surface area contributed by atoms with Gasteiger partial charge in [0.05, 0.1) is 0 Å². The second-order valence-corrected chi connectivity index (χ2v) is 7.55. The minimum absolute atomic E-state index is 0.112. The summed E-state index contributed by atoms with van der Waals surface area (Å²) in [7, 11) is 3.42. The molecule has 6 nitrogen and oxygen atoms in total. The van der Waals surface area contributed by atoms with Gasteiger partial charge in [-0.15, -0.1) is 0 Å². The molecule has 160 valence electrons. The van der Waals surface area contributed by atoms with E-state index in [1.54, 1.807) is 44.6 Å². The number of aromatic nitrogens is 1. The van der Waals surface area contributed by atoms with Crippen molar-refractivity contribution >= 4 is 17.5 Å². The molecule has 31 heavy (non-hydrogen) atoms. The number of anilines is 1. The van der Waals surface area contributed by atoms with E-state index in [0.29, 0.717) is 23.5 Å². The minimum atomic E-state index is -0.308. The molecular weight excluding hydrogens is 388 g/mol. The maximum absolute atomic E-state index is 12.5. The number of nitrogens with zero attached hydrogens (tertiary/aromatic N) is 2. The summed E-state index contributed by atoms with van der Waals surface area (Å²) in [5.74, 6) is -0.420. The van der Waals surface area contributed by atoms with Crippen LogP contribution >= 0.6 is 0 Å². The Kier molecular flexibility index (Phi) is 7.90. The smallest absolute Gasteiger partial charge is 0.274 e. The number of nitrogens with one attached hydrogen (secondary N) is 2. The van der Waals surface area contributed by atoms with Crippen LogP contribution in [0.2, 0.25) is 0 Å². The van der Waals surface area contributed by atoms with E-state index >= 15 is 0 Å². The number of pyridine rings is 1. The third kappa shape index (κ3) is 6.76. The van der Waals surface area contributed by atoms with Crippen molar-refractivity contribution in [1.82, 2.24) is 15.2 Å². The highest BCUT2D eigenvalue weighted by Crippen LogP contribution is 2.17. The van der Waals surface area contributed by atoms with Crippen LogP contribution in [0.25, 0.3) is 0 Å². The summed E-state index contributed by atoms with van der Waals surface area (Å²) in [6, 6.07) is 21.0. The number of carbonyl (C=O) groups is 2. The predicted octanol–water partition coefficient (Wildman–Crippen LogP) is 3.76. The standard InChI is InChI=1S/C25H28N4O2/c1-29(2)25(31)21-15-20(18-26-13-8-11-19-9-4-3-5-10-19)16-22(17-21)28-24(30)23-12-6-7-14-27-23/h3-7,9-10,12,14-17,26H,8,11,13,18H2,1-2H3,(H,28,30). The van der Waals surface area contributed by atoms with Crippen LogP contribution in [0.15, 0.2) is 72.9 Å². The van der Waals surface area contributed by atoms with Crippen LogP contribution < -0.4 is 10.6 Å². The van der Waals surface area contributed by atoms with Gasteiger partial charge in [0.15, 0.2) is 0 Å². The second kappa shape index (κ2) is 11.0. The first-order valence-electron chi connectivity index (χ1n) is 10.4. The minimum Gasteiger partial charge on any atom is -0.345 e. The fourth-order valence-electron chi connectivity index (χ4n) is 3.24. The maximum atomic E-state index is 12.5. The van der Waals surface area contributed by atoms with Gasteiger partial charge in [0.25, 0.3) is 11.8 Å². The van der Waals surface area contributed by atoms with Crippen molar-refractivity contribution in [3.8, 4) is 0 Å². The average molecular weight is 417 g/mol. The normalized spacial score (nSPS) is 10.5. The van der Waals surface area contributed by atoms with E-state index in [4.69, 9.17) is 0 Å². The molecule has 0 aliphatic carbocycles. The molecule has 2 aromatic carbocycles. The molecule has 0 aliphatic rings. The van der Waals surface area contributed by atoms with Gasteiger partial charge >= 0.3 is 0 Å². The van der Waals surface area contributed by atoms with Crippen molar-refractivity contribution in [2.45, 2.75) is 19.4 Å². The maximum Gasteiger partial charge on any atom is 0.274 e. The van der Waals surface area contributed by atoms with E-state index in [1.165, 1.54) is 10.5 Å². The summed E-state index contributed by atoms with van der Waals surface area (Å²) in [6.45, 7) is 1.46. The Morgan fingerprint density at radius 2 is 1.71 bits per heavy atom. The monoisotopic (exact) mass is 416 g/mol. The number of rotatable bonds is 9. The van der Waals surface area contributed by atoms with Crippen LogP contribution in [0.4, 0.5) is 5.69 Å². The predicted molar refractivity (Wildman–Crippen MR) is 123 cm³/mol. The Labute approximate surface area is 183 Å². The molecule has 0 bridgehead atoms. The first-order valence-corrected chi connectivity index (χ1v) is 10.4. The summed E-state index contributed by atoms with van der Waals surface area (Å²) in [5.41, 5.74) is 3.69. The van der Waals surface area contributed by atoms with E-state index in [1.807, 2.05) is 18.2 Å². The first-order chi connectivity index (χ1) is 15.0. The fraction of sp³-hybridized carbons (Fsp3) is 0.240. The molecule has 0 unspecified atom stereocenters. The van der Waals surface area contributed by atoms with Crippen molar-refractivity contribution in [2.75, 3.05) is 26.0 Å². The Morgan fingerprint density at radius 1 is 0.935 bits per heavy atom. The van der Waals surface area contributed by atoms with Gasteiger partial charge < -0.3 is 15.5 Å². The molecule has 2 N–H and O–H groups in total. The SMILES string of the molecule is CN(C)C(=O)c1cc(CNCCCc2ccccc2)cc(NC(=O)c2ccccn2)c1. The molecule has 0 saturated heterocycles. The molecule has 6 heteroatoms. The zero-order chi connectivity index (χ0) is 22.1. The second-order valence-electron chi connectivity index (χ2n) is 7.55. The zero-order valence-electron chi connectivity index (χ0n) is 18.0. The average Bonchev–Trinajstić information content (AvgIpc) is 2.79. The Bertz CT molecular complexity index is 1000. The molecule has 3 aromatic rings. The third-order valence-electron chi connectivity index (χ3n) is 4.79. The summed E-state index contributed by atoms with van der Waals surface area (Å²) < 4.78 is 0. The van der Waals surface area contributed by atoms with E-state index < -0.39 is 0 Å². The lowest BCUT2D eigenvalue weighted by Gasteiger charge is -2.14. The van der Waals surface area contributed by atoms with Crippen LogP contribution in [-0.4, -0.2) is 42.3 Å². The lowest BCUT2D eigenvalue weighted by Crippen LogP contribution is -2.23. The molecule has 0 saturated carbocycles. The van der Waals surface area contributed by atoms with Crippen molar-refractivity contribution in [3.63, 3.8) is 0 Å². The van der Waals surface area contributed by atoms with E-state index in [9.17, 15) is 9.59 Å². The van der Waals surface area contributed by atoms with Crippen LogP contribution in [0.5, 0.6) is 0 Å². The van der Waals surface area contributed by atoms with Gasteiger partial charge in [-0.3, -0.25) is 14.6 Å². The summed E-state index contributed by atoms with van der Waals surface area (Å²) in [4.78, 5) is 30.6. The van der Waals surface area contributed by atoms with Crippen molar-refractivity contribution in [3.05, 3.63) is 95.3 Å². The molecule has 1 aromatic heterocycles. The van der Waals surface area contributed by atoms with Crippen molar-refractivity contribution < 1.29 is 9.59 Å². The van der Waals surface area contributed by atoms with Crippen LogP contribution in [0.1, 0.15) is 38.4 Å². The van der Waals surface area contributed by atoms with Gasteiger partial charge in [0.1, 0.15) is 5.69 Å². The number of amides is 2. The van der Waals surface area contributed by atoms with Gasteiger partial charge in [0.2, 0.25) is 0 Å². The number of benzene rings is 2. The molecule has 3 rings (SSSR count). The number of hydrogen-bond acceptors (Lipinski definition) is 4. The molecule has 0 atom stereocenters. The van der Waals surface area contributed by atoms with Gasteiger partial charge in [-0.1, -0.05) is 36.4 Å². The highest BCUT2D eigenvalue weighted by molar-refractivity contribution is 6.04. The van der Waals surface area contributed by atoms with Gasteiger partial charge in [0, 0.05) is 38.1 Å².